The van der Waals surface area contributed by atoms with Gasteiger partial charge in [0.2, 0.25) is 6.10 Å². The van der Waals surface area contributed by atoms with E-state index in [1.807, 2.05) is 0 Å². The highest BCUT2D eigenvalue weighted by molar-refractivity contribution is 9.10. The predicted molar refractivity (Wildman–Crippen MR) is 66.6 cm³/mol. The number of hydrogen-bond acceptors (Lipinski definition) is 2. The Hall–Kier alpha value is -1.50. The van der Waals surface area contributed by atoms with Crippen LogP contribution in [-0.2, 0) is 9.53 Å². The van der Waals surface area contributed by atoms with E-state index in [9.17, 15) is 18.0 Å². The maximum Gasteiger partial charge on any atom is 0.429 e. The predicted octanol–water partition coefficient (Wildman–Crippen LogP) is 4.10. The number of ether oxygens (including phenoxy) is 1. The van der Waals surface area contributed by atoms with Crippen molar-refractivity contribution in [1.82, 2.24) is 4.98 Å². The lowest BCUT2D eigenvalue weighted by Crippen LogP contribution is -2.25. The molecule has 0 spiro atoms. The molecule has 0 fully saturated rings. The summed E-state index contributed by atoms with van der Waals surface area (Å²) in [4.78, 5) is 13.6. The molecule has 0 amide bonds. The van der Waals surface area contributed by atoms with Crippen LogP contribution in [0.25, 0.3) is 10.9 Å². The topological polar surface area (TPSA) is 42.1 Å². The fourth-order valence-corrected chi connectivity index (χ4v) is 2.17. The number of benzene rings is 1. The zero-order valence-electron chi connectivity index (χ0n) is 9.72. The molecular formula is C12H9BrF3NO2. The van der Waals surface area contributed by atoms with Gasteiger partial charge in [-0.05, 0) is 18.2 Å². The van der Waals surface area contributed by atoms with Crippen molar-refractivity contribution in [2.24, 2.45) is 0 Å². The number of H-pyrrole nitrogens is 1. The molecule has 3 nitrogen and oxygen atoms in total. The molecule has 0 saturated carbocycles. The Labute approximate surface area is 114 Å². The van der Waals surface area contributed by atoms with Gasteiger partial charge < -0.3 is 9.72 Å². The monoisotopic (exact) mass is 335 g/mol. The number of nitrogens with one attached hydrogen (secondary N) is 1. The number of rotatable bonds is 2. The molecule has 0 saturated heterocycles. The minimum atomic E-state index is -4.66. The smallest absolute Gasteiger partial charge is 0.429 e. The highest BCUT2D eigenvalue weighted by atomic mass is 79.9. The molecular weight excluding hydrogens is 327 g/mol. The lowest BCUT2D eigenvalue weighted by molar-refractivity contribution is -0.222. The summed E-state index contributed by atoms with van der Waals surface area (Å²) >= 11 is 3.20. The molecule has 1 heterocycles. The van der Waals surface area contributed by atoms with Crippen LogP contribution >= 0.6 is 15.9 Å². The summed E-state index contributed by atoms with van der Waals surface area (Å²) in [5, 5.41) is 0.359. The Morgan fingerprint density at radius 2 is 2.11 bits per heavy atom. The molecule has 1 atom stereocenters. The van der Waals surface area contributed by atoms with Gasteiger partial charge in [-0.1, -0.05) is 15.9 Å². The standard InChI is InChI=1S/C12H9BrF3NO2/c1-6(18)19-11(12(14,15)16)9-5-17-10-3-2-7(13)4-8(9)10/h2-5,11,17H,1H3/t11-/m1/s1. The number of esters is 1. The number of carbonyl (C=O) groups is 1. The first-order valence-electron chi connectivity index (χ1n) is 5.29. The van der Waals surface area contributed by atoms with Gasteiger partial charge in [0.15, 0.2) is 0 Å². The van der Waals surface area contributed by atoms with E-state index >= 15 is 0 Å². The van der Waals surface area contributed by atoms with Gasteiger partial charge in [-0.3, -0.25) is 4.79 Å². The molecule has 2 aromatic rings. The molecule has 1 aromatic carbocycles. The van der Waals surface area contributed by atoms with Gasteiger partial charge in [-0.2, -0.15) is 13.2 Å². The second-order valence-corrected chi connectivity index (χ2v) is 4.88. The van der Waals surface area contributed by atoms with Gasteiger partial charge in [-0.15, -0.1) is 0 Å². The Morgan fingerprint density at radius 3 is 2.68 bits per heavy atom. The molecule has 102 valence electrons. The minimum absolute atomic E-state index is 0.112. The molecule has 2 rings (SSSR count). The number of fused-ring (bicyclic) bond motifs is 1. The Bertz CT molecular complexity index is 621. The second kappa shape index (κ2) is 4.88. The molecule has 7 heteroatoms. The maximum atomic E-state index is 13.0. The van der Waals surface area contributed by atoms with Gasteiger partial charge >= 0.3 is 12.1 Å². The van der Waals surface area contributed by atoms with Gasteiger partial charge in [0, 0.05) is 34.1 Å². The van der Waals surface area contributed by atoms with Crippen LogP contribution in [0.1, 0.15) is 18.6 Å². The third-order valence-electron chi connectivity index (χ3n) is 2.54. The van der Waals surface area contributed by atoms with Crippen molar-refractivity contribution < 1.29 is 22.7 Å². The molecule has 0 radical (unpaired) electrons. The van der Waals surface area contributed by atoms with Crippen molar-refractivity contribution in [1.29, 1.82) is 0 Å². The summed E-state index contributed by atoms with van der Waals surface area (Å²) in [6.07, 6.45) is -5.73. The number of halogens is 4. The third kappa shape index (κ3) is 2.91. The number of aromatic nitrogens is 1. The normalized spacial score (nSPS) is 13.5. The summed E-state index contributed by atoms with van der Waals surface area (Å²) in [7, 11) is 0. The zero-order chi connectivity index (χ0) is 14.2. The van der Waals surface area contributed by atoms with Gasteiger partial charge in [0.1, 0.15) is 0 Å². The molecule has 0 aliphatic rings. The van der Waals surface area contributed by atoms with Crippen LogP contribution in [0.4, 0.5) is 13.2 Å². The average Bonchev–Trinajstić information content (AvgIpc) is 2.66. The average molecular weight is 336 g/mol. The zero-order valence-corrected chi connectivity index (χ0v) is 11.3. The summed E-state index contributed by atoms with van der Waals surface area (Å²) in [5.74, 6) is -0.980. The van der Waals surface area contributed by atoms with Crippen LogP contribution in [0.15, 0.2) is 28.9 Å². The quantitative estimate of drug-likeness (QED) is 0.839. The van der Waals surface area contributed by atoms with E-state index in [-0.39, 0.29) is 5.56 Å². The van der Waals surface area contributed by atoms with Crippen molar-refractivity contribution in [3.8, 4) is 0 Å². The van der Waals surface area contributed by atoms with Crippen molar-refractivity contribution >= 4 is 32.8 Å². The highest BCUT2D eigenvalue weighted by Crippen LogP contribution is 2.39. The molecule has 1 aromatic heterocycles. The molecule has 0 unspecified atom stereocenters. The number of carbonyl (C=O) groups excluding carboxylic acids is 1. The van der Waals surface area contributed by atoms with E-state index in [1.165, 1.54) is 6.20 Å². The second-order valence-electron chi connectivity index (χ2n) is 3.97. The summed E-state index contributed by atoms with van der Waals surface area (Å²) in [6.45, 7) is 0.948. The third-order valence-corrected chi connectivity index (χ3v) is 3.03. The van der Waals surface area contributed by atoms with Gasteiger partial charge in [0.25, 0.3) is 0 Å². The van der Waals surface area contributed by atoms with E-state index < -0.39 is 18.2 Å². The maximum absolute atomic E-state index is 13.0. The van der Waals surface area contributed by atoms with E-state index in [1.54, 1.807) is 18.2 Å². The van der Waals surface area contributed by atoms with Crippen molar-refractivity contribution in [3.63, 3.8) is 0 Å². The van der Waals surface area contributed by atoms with Crippen LogP contribution in [-0.4, -0.2) is 17.1 Å². The Morgan fingerprint density at radius 1 is 1.42 bits per heavy atom. The summed E-state index contributed by atoms with van der Waals surface area (Å²) < 4.78 is 44.0. The Kier molecular flexibility index (Phi) is 3.58. The fraction of sp³-hybridized carbons (Fsp3) is 0.250. The number of alkyl halides is 3. The highest BCUT2D eigenvalue weighted by Gasteiger charge is 2.44. The van der Waals surface area contributed by atoms with E-state index in [0.29, 0.717) is 15.4 Å². The van der Waals surface area contributed by atoms with Crippen LogP contribution in [0.3, 0.4) is 0 Å². The van der Waals surface area contributed by atoms with Crippen LogP contribution in [0, 0.1) is 0 Å². The van der Waals surface area contributed by atoms with Crippen molar-refractivity contribution in [2.45, 2.75) is 19.2 Å². The SMILES string of the molecule is CC(=O)O[C@H](c1c[nH]c2ccc(Br)cc12)C(F)(F)F. The van der Waals surface area contributed by atoms with Gasteiger partial charge in [-0.25, -0.2) is 0 Å². The summed E-state index contributed by atoms with van der Waals surface area (Å²) in [6, 6.07) is 4.89. The van der Waals surface area contributed by atoms with Crippen molar-refractivity contribution in [2.75, 3.05) is 0 Å². The number of hydrogen-bond donors (Lipinski definition) is 1. The fourth-order valence-electron chi connectivity index (χ4n) is 1.80. The van der Waals surface area contributed by atoms with Crippen LogP contribution < -0.4 is 0 Å². The number of aromatic amines is 1. The molecule has 1 N–H and O–H groups in total. The molecule has 0 bridgehead atoms. The first kappa shape index (κ1) is 13.9. The first-order valence-corrected chi connectivity index (χ1v) is 6.09. The molecule has 0 aliphatic carbocycles. The van der Waals surface area contributed by atoms with Crippen LogP contribution in [0.2, 0.25) is 0 Å². The first-order chi connectivity index (χ1) is 8.79. The lowest BCUT2D eigenvalue weighted by atomic mass is 10.1. The van der Waals surface area contributed by atoms with Crippen molar-refractivity contribution in [3.05, 3.63) is 34.4 Å². The summed E-state index contributed by atoms with van der Waals surface area (Å²) in [5.41, 5.74) is 0.429. The van der Waals surface area contributed by atoms with E-state index in [2.05, 4.69) is 25.7 Å². The van der Waals surface area contributed by atoms with Gasteiger partial charge in [0.05, 0.1) is 0 Å². The van der Waals surface area contributed by atoms with E-state index in [0.717, 1.165) is 6.92 Å². The molecule has 0 aliphatic heterocycles. The van der Waals surface area contributed by atoms with Crippen LogP contribution in [0.5, 0.6) is 0 Å². The minimum Gasteiger partial charge on any atom is -0.448 e. The lowest BCUT2D eigenvalue weighted by Gasteiger charge is -2.19. The largest absolute Gasteiger partial charge is 0.448 e. The molecule has 19 heavy (non-hydrogen) atoms. The Balaban J connectivity index is 2.55. The van der Waals surface area contributed by atoms with E-state index in [4.69, 9.17) is 0 Å².